The molecule has 1 aromatic carbocycles. The summed E-state index contributed by atoms with van der Waals surface area (Å²) in [4.78, 5) is 0. The Morgan fingerprint density at radius 2 is 2.17 bits per heavy atom. The SMILES string of the molecule is COc1ccc2c3c1O[C@@H]1[C@@H]4CC[C@](O4)([C@@H](NCC4CC4)C2)[C@]31C. The van der Waals surface area contributed by atoms with E-state index in [1.807, 2.05) is 0 Å². The lowest BCUT2D eigenvalue weighted by Crippen LogP contribution is -2.65. The summed E-state index contributed by atoms with van der Waals surface area (Å²) in [7, 11) is 1.74. The summed E-state index contributed by atoms with van der Waals surface area (Å²) in [6, 6.07) is 4.73. The van der Waals surface area contributed by atoms with Gasteiger partial charge in [-0.3, -0.25) is 0 Å². The molecule has 2 bridgehead atoms. The maximum absolute atomic E-state index is 6.69. The smallest absolute Gasteiger partial charge is 0.166 e. The predicted molar refractivity (Wildman–Crippen MR) is 89.8 cm³/mol. The fourth-order valence-electron chi connectivity index (χ4n) is 6.12. The van der Waals surface area contributed by atoms with Gasteiger partial charge in [-0.1, -0.05) is 6.07 Å². The first-order valence-corrected chi connectivity index (χ1v) is 9.45. The highest BCUT2D eigenvalue weighted by molar-refractivity contribution is 5.63. The molecule has 3 aliphatic heterocycles. The molecule has 1 spiro atoms. The molecule has 4 nitrogen and oxygen atoms in total. The van der Waals surface area contributed by atoms with Crippen LogP contribution in [0.25, 0.3) is 0 Å². The fourth-order valence-corrected chi connectivity index (χ4v) is 6.12. The van der Waals surface area contributed by atoms with Crippen molar-refractivity contribution in [3.63, 3.8) is 0 Å². The molecule has 6 rings (SSSR count). The molecule has 5 atom stereocenters. The van der Waals surface area contributed by atoms with Crippen molar-refractivity contribution in [3.8, 4) is 11.5 Å². The van der Waals surface area contributed by atoms with E-state index in [1.165, 1.54) is 24.0 Å². The molecule has 3 heterocycles. The lowest BCUT2D eigenvalue weighted by atomic mass is 9.55. The van der Waals surface area contributed by atoms with Crippen molar-refractivity contribution in [1.29, 1.82) is 0 Å². The second kappa shape index (κ2) is 4.28. The minimum atomic E-state index is -0.109. The second-order valence-electron chi connectivity index (χ2n) is 8.56. The zero-order valence-electron chi connectivity index (χ0n) is 14.4. The molecule has 4 heteroatoms. The third-order valence-electron chi connectivity index (χ3n) is 7.48. The Morgan fingerprint density at radius 1 is 1.29 bits per heavy atom. The van der Waals surface area contributed by atoms with Gasteiger partial charge in [0.25, 0.3) is 0 Å². The second-order valence-corrected chi connectivity index (χ2v) is 8.56. The Labute approximate surface area is 142 Å². The standard InChI is InChI=1S/C20H25NO3/c1-19-16-12-5-6-13(22-2)17(16)23-18(19)14-7-8-20(19,24-14)15(9-12)21-10-11-3-4-11/h5-6,11,14-15,18,21H,3-4,7-10H2,1-2H3/t14-,15-,18+,19+,20-/m0/s1. The number of methoxy groups -OCH3 is 1. The zero-order valence-corrected chi connectivity index (χ0v) is 14.4. The highest BCUT2D eigenvalue weighted by Crippen LogP contribution is 2.67. The summed E-state index contributed by atoms with van der Waals surface area (Å²) in [6.45, 7) is 3.52. The van der Waals surface area contributed by atoms with Gasteiger partial charge in [0.2, 0.25) is 0 Å². The largest absolute Gasteiger partial charge is 0.493 e. The van der Waals surface area contributed by atoms with Gasteiger partial charge in [0.1, 0.15) is 6.10 Å². The average molecular weight is 327 g/mol. The monoisotopic (exact) mass is 327 g/mol. The summed E-state index contributed by atoms with van der Waals surface area (Å²) >= 11 is 0. The van der Waals surface area contributed by atoms with Crippen molar-refractivity contribution in [2.45, 2.75) is 68.3 Å². The molecule has 128 valence electrons. The van der Waals surface area contributed by atoms with Crippen LogP contribution in [0.1, 0.15) is 43.7 Å². The number of hydrogen-bond donors (Lipinski definition) is 1. The summed E-state index contributed by atoms with van der Waals surface area (Å²) in [5.74, 6) is 2.75. The van der Waals surface area contributed by atoms with E-state index in [0.29, 0.717) is 6.04 Å². The van der Waals surface area contributed by atoms with Crippen LogP contribution in [0.5, 0.6) is 11.5 Å². The Morgan fingerprint density at radius 3 is 2.96 bits per heavy atom. The van der Waals surface area contributed by atoms with Crippen LogP contribution in [0.3, 0.4) is 0 Å². The van der Waals surface area contributed by atoms with E-state index >= 15 is 0 Å². The molecule has 2 saturated heterocycles. The van der Waals surface area contributed by atoms with Crippen molar-refractivity contribution < 1.29 is 14.2 Å². The molecule has 24 heavy (non-hydrogen) atoms. The van der Waals surface area contributed by atoms with E-state index in [4.69, 9.17) is 14.2 Å². The van der Waals surface area contributed by atoms with E-state index in [1.54, 1.807) is 7.11 Å². The number of ether oxygens (including phenoxy) is 3. The summed E-state index contributed by atoms with van der Waals surface area (Å²) < 4.78 is 18.8. The van der Waals surface area contributed by atoms with Crippen LogP contribution < -0.4 is 14.8 Å². The Kier molecular flexibility index (Phi) is 2.49. The van der Waals surface area contributed by atoms with Gasteiger partial charge in [-0.2, -0.15) is 0 Å². The lowest BCUT2D eigenvalue weighted by Gasteiger charge is -2.50. The fraction of sp³-hybridized carbons (Fsp3) is 0.700. The molecular weight excluding hydrogens is 302 g/mol. The van der Waals surface area contributed by atoms with Crippen LogP contribution in [0.2, 0.25) is 0 Å². The van der Waals surface area contributed by atoms with E-state index < -0.39 is 0 Å². The van der Waals surface area contributed by atoms with E-state index in [2.05, 4.69) is 24.4 Å². The van der Waals surface area contributed by atoms with Crippen molar-refractivity contribution in [3.05, 3.63) is 23.3 Å². The van der Waals surface area contributed by atoms with Gasteiger partial charge < -0.3 is 19.5 Å². The summed E-state index contributed by atoms with van der Waals surface area (Å²) in [6.07, 6.45) is 6.44. The molecule has 5 aliphatic rings. The predicted octanol–water partition coefficient (Wildman–Crippen LogP) is 2.57. The third-order valence-corrected chi connectivity index (χ3v) is 7.48. The quantitative estimate of drug-likeness (QED) is 0.923. The van der Waals surface area contributed by atoms with Crippen molar-refractivity contribution in [2.75, 3.05) is 13.7 Å². The van der Waals surface area contributed by atoms with E-state index in [-0.39, 0.29) is 23.2 Å². The molecule has 1 N–H and O–H groups in total. The van der Waals surface area contributed by atoms with E-state index in [9.17, 15) is 0 Å². The van der Waals surface area contributed by atoms with Crippen LogP contribution in [0.15, 0.2) is 12.1 Å². The average Bonchev–Trinajstić information content (AvgIpc) is 3.13. The molecule has 1 saturated carbocycles. The third kappa shape index (κ3) is 1.41. The molecule has 1 aromatic rings. The van der Waals surface area contributed by atoms with Crippen molar-refractivity contribution >= 4 is 0 Å². The van der Waals surface area contributed by atoms with Gasteiger partial charge in [-0.05, 0) is 63.1 Å². The van der Waals surface area contributed by atoms with Crippen LogP contribution in [-0.2, 0) is 16.6 Å². The minimum Gasteiger partial charge on any atom is -0.493 e. The Bertz CT molecular complexity index is 730. The van der Waals surface area contributed by atoms with Gasteiger partial charge in [-0.25, -0.2) is 0 Å². The summed E-state index contributed by atoms with van der Waals surface area (Å²) in [5.41, 5.74) is 2.64. The highest BCUT2D eigenvalue weighted by Gasteiger charge is 2.75. The van der Waals surface area contributed by atoms with Gasteiger partial charge in [-0.15, -0.1) is 0 Å². The van der Waals surface area contributed by atoms with Gasteiger partial charge in [0.05, 0.1) is 24.2 Å². The molecule has 2 aliphatic carbocycles. The zero-order chi connectivity index (χ0) is 16.1. The van der Waals surface area contributed by atoms with Crippen LogP contribution in [-0.4, -0.2) is 37.5 Å². The molecule has 3 fully saturated rings. The van der Waals surface area contributed by atoms with Crippen LogP contribution in [0, 0.1) is 5.92 Å². The molecular formula is C20H25NO3. The van der Waals surface area contributed by atoms with Crippen LogP contribution >= 0.6 is 0 Å². The van der Waals surface area contributed by atoms with E-state index in [0.717, 1.165) is 43.2 Å². The molecule has 0 radical (unpaired) electrons. The number of nitrogens with one attached hydrogen (secondary N) is 1. The van der Waals surface area contributed by atoms with Gasteiger partial charge in [0, 0.05) is 11.6 Å². The topological polar surface area (TPSA) is 39.7 Å². The van der Waals surface area contributed by atoms with Crippen molar-refractivity contribution in [2.24, 2.45) is 5.92 Å². The number of fused-ring (bicyclic) bond motifs is 2. The van der Waals surface area contributed by atoms with Crippen LogP contribution in [0.4, 0.5) is 0 Å². The van der Waals surface area contributed by atoms with Crippen molar-refractivity contribution in [1.82, 2.24) is 5.32 Å². The normalized spacial score (nSPS) is 43.7. The highest BCUT2D eigenvalue weighted by atomic mass is 16.6. The Balaban J connectivity index is 1.51. The maximum atomic E-state index is 6.69. The minimum absolute atomic E-state index is 0.0470. The number of hydrogen-bond acceptors (Lipinski definition) is 4. The first-order valence-electron chi connectivity index (χ1n) is 9.45. The summed E-state index contributed by atoms with van der Waals surface area (Å²) in [5, 5.41) is 3.90. The maximum Gasteiger partial charge on any atom is 0.166 e. The first kappa shape index (κ1) is 14.0. The lowest BCUT2D eigenvalue weighted by molar-refractivity contribution is -0.0521. The first-order chi connectivity index (χ1) is 11.7. The van der Waals surface area contributed by atoms with Gasteiger partial charge >= 0.3 is 0 Å². The number of rotatable bonds is 4. The molecule has 0 unspecified atom stereocenters. The molecule has 0 amide bonds. The number of benzene rings is 1. The van der Waals surface area contributed by atoms with Gasteiger partial charge in [0.15, 0.2) is 11.5 Å². The molecule has 0 aromatic heterocycles. The Hall–Kier alpha value is -1.26.